The second-order valence-electron chi connectivity index (χ2n) is 4.29. The van der Waals surface area contributed by atoms with Crippen molar-refractivity contribution in [2.75, 3.05) is 6.61 Å². The third kappa shape index (κ3) is 1.86. The standard InChI is InChI=1S/C12H18OS/c13-9-8-12(6-2-1-3-7-12)11-5-4-10-14-11/h4-5,10,13H,1-3,6-9H2. The maximum absolute atomic E-state index is 9.19. The average Bonchev–Trinajstić information content (AvgIpc) is 2.73. The maximum Gasteiger partial charge on any atom is 0.0439 e. The van der Waals surface area contributed by atoms with E-state index in [9.17, 15) is 5.11 Å². The largest absolute Gasteiger partial charge is 0.396 e. The van der Waals surface area contributed by atoms with Gasteiger partial charge in [-0.05, 0) is 30.7 Å². The Kier molecular flexibility index (Phi) is 3.24. The Balaban J connectivity index is 2.20. The molecule has 1 aromatic heterocycles. The van der Waals surface area contributed by atoms with E-state index in [1.807, 2.05) is 11.3 Å². The lowest BCUT2D eigenvalue weighted by molar-refractivity contribution is 0.200. The van der Waals surface area contributed by atoms with E-state index in [4.69, 9.17) is 0 Å². The number of aliphatic hydroxyl groups excluding tert-OH is 1. The number of hydrogen-bond donors (Lipinski definition) is 1. The fraction of sp³-hybridized carbons (Fsp3) is 0.667. The zero-order chi connectivity index (χ0) is 9.86. The van der Waals surface area contributed by atoms with E-state index >= 15 is 0 Å². The van der Waals surface area contributed by atoms with Crippen LogP contribution >= 0.6 is 11.3 Å². The number of hydrogen-bond acceptors (Lipinski definition) is 2. The summed E-state index contributed by atoms with van der Waals surface area (Å²) in [6.45, 7) is 0.331. The van der Waals surface area contributed by atoms with Crippen LogP contribution in [0.4, 0.5) is 0 Å². The van der Waals surface area contributed by atoms with Crippen LogP contribution in [-0.2, 0) is 5.41 Å². The molecule has 1 heterocycles. The predicted octanol–water partition coefficient (Wildman–Crippen LogP) is 3.33. The first-order chi connectivity index (χ1) is 6.87. The van der Waals surface area contributed by atoms with Gasteiger partial charge in [-0.3, -0.25) is 0 Å². The topological polar surface area (TPSA) is 20.2 Å². The Morgan fingerprint density at radius 2 is 2.07 bits per heavy atom. The van der Waals surface area contributed by atoms with Crippen molar-refractivity contribution in [1.29, 1.82) is 0 Å². The summed E-state index contributed by atoms with van der Waals surface area (Å²) in [6, 6.07) is 4.37. The third-order valence-electron chi connectivity index (χ3n) is 3.44. The first-order valence-corrected chi connectivity index (χ1v) is 6.40. The van der Waals surface area contributed by atoms with Crippen LogP contribution in [0.25, 0.3) is 0 Å². The third-order valence-corrected chi connectivity index (χ3v) is 4.56. The molecule has 0 aromatic carbocycles. The molecule has 0 saturated heterocycles. The summed E-state index contributed by atoms with van der Waals surface area (Å²) in [6.07, 6.45) is 7.53. The quantitative estimate of drug-likeness (QED) is 0.811. The van der Waals surface area contributed by atoms with Crippen molar-refractivity contribution < 1.29 is 5.11 Å². The predicted molar refractivity (Wildman–Crippen MR) is 60.8 cm³/mol. The Morgan fingerprint density at radius 1 is 1.29 bits per heavy atom. The molecule has 2 heteroatoms. The molecule has 0 spiro atoms. The van der Waals surface area contributed by atoms with Gasteiger partial charge in [0.2, 0.25) is 0 Å². The molecule has 1 nitrogen and oxygen atoms in total. The van der Waals surface area contributed by atoms with Gasteiger partial charge in [-0.25, -0.2) is 0 Å². The number of thiophene rings is 1. The van der Waals surface area contributed by atoms with Gasteiger partial charge in [0, 0.05) is 16.9 Å². The zero-order valence-electron chi connectivity index (χ0n) is 8.54. The van der Waals surface area contributed by atoms with Crippen molar-refractivity contribution in [2.45, 2.75) is 43.9 Å². The van der Waals surface area contributed by atoms with Crippen LogP contribution in [0.15, 0.2) is 17.5 Å². The van der Waals surface area contributed by atoms with E-state index < -0.39 is 0 Å². The van der Waals surface area contributed by atoms with Crippen molar-refractivity contribution in [2.24, 2.45) is 0 Å². The summed E-state index contributed by atoms with van der Waals surface area (Å²) >= 11 is 1.86. The molecule has 0 atom stereocenters. The molecule has 0 amide bonds. The van der Waals surface area contributed by atoms with Crippen LogP contribution in [0.2, 0.25) is 0 Å². The van der Waals surface area contributed by atoms with Crippen molar-refractivity contribution in [1.82, 2.24) is 0 Å². The molecule has 0 radical (unpaired) electrons. The molecule has 14 heavy (non-hydrogen) atoms. The normalized spacial score (nSPS) is 20.9. The lowest BCUT2D eigenvalue weighted by atomic mass is 9.71. The van der Waals surface area contributed by atoms with Gasteiger partial charge >= 0.3 is 0 Å². The van der Waals surface area contributed by atoms with E-state index in [0.717, 1.165) is 6.42 Å². The van der Waals surface area contributed by atoms with Crippen LogP contribution in [0.1, 0.15) is 43.4 Å². The summed E-state index contributed by atoms with van der Waals surface area (Å²) in [4.78, 5) is 1.49. The van der Waals surface area contributed by atoms with Gasteiger partial charge in [0.1, 0.15) is 0 Å². The number of aliphatic hydroxyl groups is 1. The molecular weight excluding hydrogens is 192 g/mol. The van der Waals surface area contributed by atoms with Gasteiger partial charge in [-0.2, -0.15) is 0 Å². The minimum atomic E-state index is 0.321. The van der Waals surface area contributed by atoms with Crippen LogP contribution < -0.4 is 0 Å². The molecule has 1 aromatic rings. The summed E-state index contributed by atoms with van der Waals surface area (Å²) in [5.41, 5.74) is 0.321. The minimum absolute atomic E-state index is 0.321. The second kappa shape index (κ2) is 4.45. The number of rotatable bonds is 3. The smallest absolute Gasteiger partial charge is 0.0439 e. The molecular formula is C12H18OS. The Labute approximate surface area is 89.8 Å². The van der Waals surface area contributed by atoms with E-state index in [0.29, 0.717) is 12.0 Å². The van der Waals surface area contributed by atoms with Crippen molar-refractivity contribution >= 4 is 11.3 Å². The summed E-state index contributed by atoms with van der Waals surface area (Å²) < 4.78 is 0. The lowest BCUT2D eigenvalue weighted by Gasteiger charge is -2.36. The summed E-state index contributed by atoms with van der Waals surface area (Å²) in [5, 5.41) is 11.3. The fourth-order valence-corrected chi connectivity index (χ4v) is 3.66. The maximum atomic E-state index is 9.19. The van der Waals surface area contributed by atoms with Crippen molar-refractivity contribution in [3.8, 4) is 0 Å². The molecule has 1 saturated carbocycles. The van der Waals surface area contributed by atoms with Crippen LogP contribution in [0.3, 0.4) is 0 Å². The van der Waals surface area contributed by atoms with Gasteiger partial charge in [0.15, 0.2) is 0 Å². The molecule has 1 aliphatic rings. The van der Waals surface area contributed by atoms with Gasteiger partial charge in [-0.15, -0.1) is 11.3 Å². The highest BCUT2D eigenvalue weighted by atomic mass is 32.1. The van der Waals surface area contributed by atoms with E-state index in [-0.39, 0.29) is 0 Å². The monoisotopic (exact) mass is 210 g/mol. The van der Waals surface area contributed by atoms with Crippen LogP contribution in [0, 0.1) is 0 Å². The van der Waals surface area contributed by atoms with Crippen LogP contribution in [-0.4, -0.2) is 11.7 Å². The Bertz CT molecular complexity index is 254. The molecule has 0 bridgehead atoms. The Hall–Kier alpha value is -0.340. The molecule has 2 rings (SSSR count). The van der Waals surface area contributed by atoms with E-state index in [2.05, 4.69) is 17.5 Å². The SMILES string of the molecule is OCCC1(c2cccs2)CCCCC1. The highest BCUT2D eigenvalue weighted by Crippen LogP contribution is 2.43. The van der Waals surface area contributed by atoms with Crippen LogP contribution in [0.5, 0.6) is 0 Å². The highest BCUT2D eigenvalue weighted by molar-refractivity contribution is 7.10. The molecule has 0 unspecified atom stereocenters. The second-order valence-corrected chi connectivity index (χ2v) is 5.24. The first kappa shape index (κ1) is 10.2. The van der Waals surface area contributed by atoms with E-state index in [1.165, 1.54) is 37.0 Å². The van der Waals surface area contributed by atoms with Crippen molar-refractivity contribution in [3.63, 3.8) is 0 Å². The average molecular weight is 210 g/mol. The molecule has 1 aliphatic carbocycles. The summed E-state index contributed by atoms with van der Waals surface area (Å²) in [5.74, 6) is 0. The molecule has 1 N–H and O–H groups in total. The molecule has 78 valence electrons. The van der Waals surface area contributed by atoms with Crippen molar-refractivity contribution in [3.05, 3.63) is 22.4 Å². The Morgan fingerprint density at radius 3 is 2.64 bits per heavy atom. The first-order valence-electron chi connectivity index (χ1n) is 5.52. The van der Waals surface area contributed by atoms with Gasteiger partial charge in [0.05, 0.1) is 0 Å². The van der Waals surface area contributed by atoms with Gasteiger partial charge < -0.3 is 5.11 Å². The minimum Gasteiger partial charge on any atom is -0.396 e. The summed E-state index contributed by atoms with van der Waals surface area (Å²) in [7, 11) is 0. The molecule has 1 fully saturated rings. The highest BCUT2D eigenvalue weighted by Gasteiger charge is 2.33. The van der Waals surface area contributed by atoms with E-state index in [1.54, 1.807) is 0 Å². The molecule has 0 aliphatic heterocycles. The lowest BCUT2D eigenvalue weighted by Crippen LogP contribution is -2.29. The zero-order valence-corrected chi connectivity index (χ0v) is 9.35. The van der Waals surface area contributed by atoms with Gasteiger partial charge in [0.25, 0.3) is 0 Å². The van der Waals surface area contributed by atoms with Gasteiger partial charge in [-0.1, -0.05) is 25.3 Å². The fourth-order valence-electron chi connectivity index (χ4n) is 2.64.